The predicted octanol–water partition coefficient (Wildman–Crippen LogP) is 3.83. The van der Waals surface area contributed by atoms with Crippen LogP contribution in [0, 0.1) is 25.7 Å². The summed E-state index contributed by atoms with van der Waals surface area (Å²) in [6, 6.07) is 10.4. The fraction of sp³-hybridized carbons (Fsp3) is 0.522. The van der Waals surface area contributed by atoms with E-state index in [9.17, 15) is 5.11 Å². The number of nitrogens with zero attached hydrogens (tertiary/aromatic N) is 2. The summed E-state index contributed by atoms with van der Waals surface area (Å²) in [6.07, 6.45) is 5.14. The van der Waals surface area contributed by atoms with Crippen LogP contribution in [0.25, 0.3) is 0 Å². The number of methoxy groups -OCH3 is 1. The molecular formula is C23H30N2O2. The van der Waals surface area contributed by atoms with Crippen LogP contribution in [0.5, 0.6) is 5.75 Å². The van der Waals surface area contributed by atoms with Gasteiger partial charge >= 0.3 is 0 Å². The number of aliphatic hydroxyl groups is 1. The Morgan fingerprint density at radius 3 is 2.59 bits per heavy atom. The van der Waals surface area contributed by atoms with E-state index in [2.05, 4.69) is 48.0 Å². The molecule has 4 nitrogen and oxygen atoms in total. The third kappa shape index (κ3) is 3.26. The van der Waals surface area contributed by atoms with Crippen molar-refractivity contribution in [2.75, 3.05) is 20.2 Å². The summed E-state index contributed by atoms with van der Waals surface area (Å²) in [4.78, 5) is 7.11. The van der Waals surface area contributed by atoms with Gasteiger partial charge < -0.3 is 9.84 Å². The van der Waals surface area contributed by atoms with Crippen molar-refractivity contribution in [3.8, 4) is 5.75 Å². The van der Waals surface area contributed by atoms with Crippen LogP contribution in [0.3, 0.4) is 0 Å². The highest BCUT2D eigenvalue weighted by atomic mass is 16.5. The van der Waals surface area contributed by atoms with Crippen molar-refractivity contribution >= 4 is 0 Å². The number of benzene rings is 1. The van der Waals surface area contributed by atoms with Crippen molar-refractivity contribution in [1.29, 1.82) is 0 Å². The van der Waals surface area contributed by atoms with Gasteiger partial charge in [-0.05, 0) is 44.4 Å². The first-order valence-corrected chi connectivity index (χ1v) is 10.0. The number of aromatic nitrogens is 1. The monoisotopic (exact) mass is 366 g/mol. The lowest BCUT2D eigenvalue weighted by Gasteiger charge is -2.53. The van der Waals surface area contributed by atoms with Gasteiger partial charge in [-0.25, -0.2) is 0 Å². The maximum absolute atomic E-state index is 11.8. The quantitative estimate of drug-likeness (QED) is 0.893. The molecule has 1 N–H and O–H groups in total. The third-order valence-electron chi connectivity index (χ3n) is 6.53. The van der Waals surface area contributed by atoms with Gasteiger partial charge in [-0.3, -0.25) is 9.88 Å². The minimum Gasteiger partial charge on any atom is -0.496 e. The van der Waals surface area contributed by atoms with Gasteiger partial charge in [0.25, 0.3) is 0 Å². The normalized spacial score (nSPS) is 28.1. The largest absolute Gasteiger partial charge is 0.496 e. The molecule has 2 fully saturated rings. The SMILES string of the molecule is COc1ccc(C)cc1CN1CC2CCCC(C1)C2(O)c1ncccc1C. The van der Waals surface area contributed by atoms with E-state index in [1.54, 1.807) is 7.11 Å². The molecule has 4 rings (SSSR count). The second kappa shape index (κ2) is 7.25. The molecular weight excluding hydrogens is 336 g/mol. The Balaban J connectivity index is 1.61. The fourth-order valence-electron chi connectivity index (χ4n) is 5.24. The van der Waals surface area contributed by atoms with E-state index in [0.717, 1.165) is 49.5 Å². The Labute approximate surface area is 162 Å². The number of likely N-dealkylation sites (tertiary alicyclic amines) is 1. The Morgan fingerprint density at radius 2 is 1.93 bits per heavy atom. The number of piperidine rings is 1. The summed E-state index contributed by atoms with van der Waals surface area (Å²) >= 11 is 0. The van der Waals surface area contributed by atoms with Crippen LogP contribution in [0.4, 0.5) is 0 Å². The van der Waals surface area contributed by atoms with E-state index >= 15 is 0 Å². The minimum absolute atomic E-state index is 0.231. The van der Waals surface area contributed by atoms with Gasteiger partial charge in [0.15, 0.2) is 0 Å². The number of aryl methyl sites for hydroxylation is 2. The van der Waals surface area contributed by atoms with Gasteiger partial charge in [0, 0.05) is 43.2 Å². The van der Waals surface area contributed by atoms with E-state index < -0.39 is 5.60 Å². The number of rotatable bonds is 4. The molecule has 2 unspecified atom stereocenters. The number of pyridine rings is 1. The molecule has 1 aliphatic carbocycles. The summed E-state index contributed by atoms with van der Waals surface area (Å²) in [6.45, 7) is 6.87. The van der Waals surface area contributed by atoms with Crippen LogP contribution in [-0.4, -0.2) is 35.2 Å². The van der Waals surface area contributed by atoms with Crippen molar-refractivity contribution in [3.63, 3.8) is 0 Å². The number of ether oxygens (including phenoxy) is 1. The number of hydrogen-bond donors (Lipinski definition) is 1. The van der Waals surface area contributed by atoms with Crippen molar-refractivity contribution in [2.24, 2.45) is 11.8 Å². The molecule has 144 valence electrons. The first-order chi connectivity index (χ1) is 13.0. The average Bonchev–Trinajstić information content (AvgIpc) is 2.63. The van der Waals surface area contributed by atoms with Gasteiger partial charge in [0.2, 0.25) is 0 Å². The van der Waals surface area contributed by atoms with Crippen LogP contribution in [0.2, 0.25) is 0 Å². The zero-order valence-electron chi connectivity index (χ0n) is 16.6. The zero-order valence-corrected chi connectivity index (χ0v) is 16.6. The van der Waals surface area contributed by atoms with Crippen LogP contribution in [0.15, 0.2) is 36.5 Å². The highest BCUT2D eigenvalue weighted by molar-refractivity contribution is 5.37. The molecule has 1 aromatic heterocycles. The lowest BCUT2D eigenvalue weighted by atomic mass is 9.63. The molecule has 4 heteroatoms. The Hall–Kier alpha value is -1.91. The molecule has 1 aliphatic heterocycles. The molecule has 0 radical (unpaired) electrons. The molecule has 2 aliphatic rings. The first kappa shape index (κ1) is 18.5. The predicted molar refractivity (Wildman–Crippen MR) is 107 cm³/mol. The topological polar surface area (TPSA) is 45.6 Å². The molecule has 1 saturated carbocycles. The number of fused-ring (bicyclic) bond motifs is 2. The van der Waals surface area contributed by atoms with Crippen LogP contribution < -0.4 is 4.74 Å². The smallest absolute Gasteiger partial charge is 0.123 e. The summed E-state index contributed by atoms with van der Waals surface area (Å²) in [7, 11) is 1.74. The average molecular weight is 367 g/mol. The standard InChI is InChI=1S/C23H30N2O2/c1-16-9-10-21(27-3)18(12-16)13-25-14-19-7-4-8-20(15-25)23(19,26)22-17(2)6-5-11-24-22/h5-6,9-12,19-20,26H,4,7-8,13-15H2,1-3H3. The Bertz CT molecular complexity index is 806. The maximum Gasteiger partial charge on any atom is 0.123 e. The van der Waals surface area contributed by atoms with Crippen molar-refractivity contribution in [2.45, 2.75) is 45.3 Å². The summed E-state index contributed by atoms with van der Waals surface area (Å²) in [5, 5.41) is 11.8. The van der Waals surface area contributed by atoms with Gasteiger partial charge in [0.1, 0.15) is 11.4 Å². The fourth-order valence-corrected chi connectivity index (χ4v) is 5.24. The third-order valence-corrected chi connectivity index (χ3v) is 6.53. The van der Waals surface area contributed by atoms with Gasteiger partial charge in [-0.1, -0.05) is 30.2 Å². The van der Waals surface area contributed by atoms with Gasteiger partial charge in [-0.15, -0.1) is 0 Å². The highest BCUT2D eigenvalue weighted by Crippen LogP contribution is 2.49. The summed E-state index contributed by atoms with van der Waals surface area (Å²) in [5.41, 5.74) is 3.69. The van der Waals surface area contributed by atoms with Gasteiger partial charge in [0.05, 0.1) is 12.8 Å². The molecule has 0 spiro atoms. The van der Waals surface area contributed by atoms with Crippen LogP contribution in [0.1, 0.15) is 41.6 Å². The molecule has 27 heavy (non-hydrogen) atoms. The van der Waals surface area contributed by atoms with Crippen LogP contribution in [-0.2, 0) is 12.1 Å². The lowest BCUT2D eigenvalue weighted by Crippen LogP contribution is -2.58. The van der Waals surface area contributed by atoms with E-state index in [-0.39, 0.29) is 11.8 Å². The van der Waals surface area contributed by atoms with Crippen molar-refractivity contribution in [3.05, 3.63) is 58.9 Å². The molecule has 2 bridgehead atoms. The highest BCUT2D eigenvalue weighted by Gasteiger charge is 2.52. The maximum atomic E-state index is 11.8. The van der Waals surface area contributed by atoms with Crippen LogP contribution >= 0.6 is 0 Å². The first-order valence-electron chi connectivity index (χ1n) is 10.0. The summed E-state index contributed by atoms with van der Waals surface area (Å²) < 4.78 is 5.58. The van der Waals surface area contributed by atoms with E-state index in [1.807, 2.05) is 12.3 Å². The molecule has 1 saturated heterocycles. The lowest BCUT2D eigenvalue weighted by molar-refractivity contribution is -0.151. The van der Waals surface area contributed by atoms with Crippen molar-refractivity contribution in [1.82, 2.24) is 9.88 Å². The van der Waals surface area contributed by atoms with Gasteiger partial charge in [-0.2, -0.15) is 0 Å². The molecule has 0 amide bonds. The Morgan fingerprint density at radius 1 is 1.19 bits per heavy atom. The van der Waals surface area contributed by atoms with Crippen molar-refractivity contribution < 1.29 is 9.84 Å². The molecule has 2 aromatic rings. The Kier molecular flexibility index (Phi) is 4.95. The number of hydrogen-bond acceptors (Lipinski definition) is 4. The van der Waals surface area contributed by atoms with E-state index in [1.165, 1.54) is 17.5 Å². The van der Waals surface area contributed by atoms with E-state index in [0.29, 0.717) is 0 Å². The minimum atomic E-state index is -0.795. The molecule has 1 aromatic carbocycles. The molecule has 2 heterocycles. The zero-order chi connectivity index (χ0) is 19.0. The van der Waals surface area contributed by atoms with E-state index in [4.69, 9.17) is 4.74 Å². The second-order valence-corrected chi connectivity index (χ2v) is 8.33. The molecule has 2 atom stereocenters. The summed E-state index contributed by atoms with van der Waals surface area (Å²) in [5.74, 6) is 1.41. The second-order valence-electron chi connectivity index (χ2n) is 8.33.